The van der Waals surface area contributed by atoms with Crippen molar-refractivity contribution < 1.29 is 9.63 Å². The second-order valence-electron chi connectivity index (χ2n) is 3.90. The highest BCUT2D eigenvalue weighted by atomic mass is 16.5. The molecule has 0 aliphatic heterocycles. The molecule has 0 bridgehead atoms. The fourth-order valence-corrected chi connectivity index (χ4v) is 1.50. The van der Waals surface area contributed by atoms with Gasteiger partial charge in [0.05, 0.1) is 0 Å². The molecule has 78 valence electrons. The van der Waals surface area contributed by atoms with E-state index in [2.05, 4.69) is 17.1 Å². The van der Waals surface area contributed by atoms with Crippen LogP contribution in [0.15, 0.2) is 4.52 Å². The molecule has 1 saturated carbocycles. The summed E-state index contributed by atoms with van der Waals surface area (Å²) in [7, 11) is 0. The summed E-state index contributed by atoms with van der Waals surface area (Å²) in [6, 6.07) is 0. The van der Waals surface area contributed by atoms with E-state index >= 15 is 0 Å². The van der Waals surface area contributed by atoms with Crippen LogP contribution < -0.4 is 5.73 Å². The van der Waals surface area contributed by atoms with Gasteiger partial charge >= 0.3 is 0 Å². The number of rotatable bonds is 4. The van der Waals surface area contributed by atoms with Gasteiger partial charge < -0.3 is 15.4 Å². The normalized spacial score (nSPS) is 27.6. The summed E-state index contributed by atoms with van der Waals surface area (Å²) in [5.74, 6) is 2.10. The zero-order valence-electron chi connectivity index (χ0n) is 8.18. The van der Waals surface area contributed by atoms with Gasteiger partial charge in [-0.15, -0.1) is 0 Å². The first-order valence-corrected chi connectivity index (χ1v) is 4.94. The van der Waals surface area contributed by atoms with Gasteiger partial charge in [0.15, 0.2) is 5.82 Å². The van der Waals surface area contributed by atoms with E-state index in [1.54, 1.807) is 0 Å². The van der Waals surface area contributed by atoms with E-state index in [1.807, 2.05) is 0 Å². The van der Waals surface area contributed by atoms with Gasteiger partial charge in [-0.2, -0.15) is 4.98 Å². The topological polar surface area (TPSA) is 85.2 Å². The van der Waals surface area contributed by atoms with Gasteiger partial charge in [-0.05, 0) is 25.3 Å². The van der Waals surface area contributed by atoms with Crippen LogP contribution in [0.3, 0.4) is 0 Å². The third-order valence-electron chi connectivity index (χ3n) is 2.62. The molecule has 1 aliphatic carbocycles. The van der Waals surface area contributed by atoms with E-state index in [0.717, 1.165) is 12.2 Å². The minimum Gasteiger partial charge on any atom is -0.383 e. The Labute approximate surface area is 82.3 Å². The lowest BCUT2D eigenvalue weighted by Gasteiger charge is -2.00. The monoisotopic (exact) mass is 197 g/mol. The maximum atomic E-state index is 9.53. The van der Waals surface area contributed by atoms with Gasteiger partial charge in [-0.25, -0.2) is 0 Å². The molecule has 1 aromatic rings. The summed E-state index contributed by atoms with van der Waals surface area (Å²) >= 11 is 0. The van der Waals surface area contributed by atoms with Gasteiger partial charge in [0, 0.05) is 5.92 Å². The number of aromatic nitrogens is 2. The fraction of sp³-hybridized carbons (Fsp3) is 0.778. The van der Waals surface area contributed by atoms with E-state index in [4.69, 9.17) is 10.3 Å². The first kappa shape index (κ1) is 9.61. The Kier molecular flexibility index (Phi) is 2.52. The number of hydrogen-bond donors (Lipinski definition) is 2. The van der Waals surface area contributed by atoms with Crippen LogP contribution in [0.4, 0.5) is 0 Å². The molecular weight excluding hydrogens is 182 g/mol. The van der Waals surface area contributed by atoms with Crippen molar-refractivity contribution in [3.05, 3.63) is 11.7 Å². The van der Waals surface area contributed by atoms with Crippen LogP contribution in [0.25, 0.3) is 0 Å². The summed E-state index contributed by atoms with van der Waals surface area (Å²) < 4.78 is 4.96. The SMILES string of the molecule is CC1CC1c1noc([C@@H](O)CCN)n1. The number of nitrogens with two attached hydrogens (primary N) is 1. The number of nitrogens with zero attached hydrogens (tertiary/aromatic N) is 2. The van der Waals surface area contributed by atoms with E-state index < -0.39 is 6.10 Å². The van der Waals surface area contributed by atoms with Crippen LogP contribution in [0.5, 0.6) is 0 Å². The van der Waals surface area contributed by atoms with Gasteiger partial charge in [0.2, 0.25) is 0 Å². The van der Waals surface area contributed by atoms with Crippen LogP contribution in [0.2, 0.25) is 0 Å². The van der Waals surface area contributed by atoms with E-state index in [9.17, 15) is 5.11 Å². The maximum Gasteiger partial charge on any atom is 0.255 e. The molecule has 2 rings (SSSR count). The lowest BCUT2D eigenvalue weighted by atomic mass is 10.2. The minimum atomic E-state index is -0.713. The first-order valence-electron chi connectivity index (χ1n) is 4.94. The zero-order valence-corrected chi connectivity index (χ0v) is 8.18. The Balaban J connectivity index is 2.02. The first-order chi connectivity index (χ1) is 6.72. The molecule has 0 spiro atoms. The van der Waals surface area contributed by atoms with Crippen LogP contribution in [0, 0.1) is 5.92 Å². The summed E-state index contributed by atoms with van der Waals surface area (Å²) in [6.07, 6.45) is 0.865. The van der Waals surface area contributed by atoms with Crippen molar-refractivity contribution in [3.63, 3.8) is 0 Å². The average molecular weight is 197 g/mol. The molecule has 14 heavy (non-hydrogen) atoms. The quantitative estimate of drug-likeness (QED) is 0.737. The molecule has 1 fully saturated rings. The molecule has 2 unspecified atom stereocenters. The Morgan fingerprint density at radius 2 is 2.43 bits per heavy atom. The highest BCUT2D eigenvalue weighted by Crippen LogP contribution is 2.45. The van der Waals surface area contributed by atoms with Gasteiger partial charge in [-0.3, -0.25) is 0 Å². The predicted molar refractivity (Wildman–Crippen MR) is 49.5 cm³/mol. The van der Waals surface area contributed by atoms with Crippen molar-refractivity contribution in [2.24, 2.45) is 11.7 Å². The molecular formula is C9H15N3O2. The van der Waals surface area contributed by atoms with Gasteiger partial charge in [0.1, 0.15) is 6.10 Å². The van der Waals surface area contributed by atoms with E-state index in [0.29, 0.717) is 30.7 Å². The maximum absolute atomic E-state index is 9.53. The molecule has 1 heterocycles. The summed E-state index contributed by atoms with van der Waals surface area (Å²) in [5.41, 5.74) is 5.32. The Morgan fingerprint density at radius 1 is 1.71 bits per heavy atom. The minimum absolute atomic E-state index is 0.296. The Hall–Kier alpha value is -0.940. The molecule has 0 radical (unpaired) electrons. The second-order valence-corrected chi connectivity index (χ2v) is 3.90. The predicted octanol–water partition coefficient (Wildman–Crippen LogP) is 0.575. The second kappa shape index (κ2) is 3.67. The van der Waals surface area contributed by atoms with Crippen LogP contribution in [0.1, 0.15) is 43.5 Å². The van der Waals surface area contributed by atoms with Crippen LogP contribution in [-0.4, -0.2) is 21.8 Å². The van der Waals surface area contributed by atoms with Gasteiger partial charge in [0.25, 0.3) is 5.89 Å². The average Bonchev–Trinajstić information content (AvgIpc) is 2.70. The smallest absolute Gasteiger partial charge is 0.255 e. The molecule has 3 N–H and O–H groups in total. The number of hydrogen-bond acceptors (Lipinski definition) is 5. The lowest BCUT2D eigenvalue weighted by Crippen LogP contribution is -2.06. The molecule has 1 aromatic heterocycles. The standard InChI is InChI=1S/C9H15N3O2/c1-5-4-6(5)8-11-9(14-12-8)7(13)2-3-10/h5-7,13H,2-4,10H2,1H3/t5?,6?,7-/m0/s1. The number of aliphatic hydroxyl groups excluding tert-OH is 1. The van der Waals surface area contributed by atoms with Crippen molar-refractivity contribution in [1.29, 1.82) is 0 Å². The number of aliphatic hydroxyl groups is 1. The molecule has 5 heteroatoms. The van der Waals surface area contributed by atoms with Gasteiger partial charge in [-0.1, -0.05) is 12.1 Å². The molecule has 3 atom stereocenters. The summed E-state index contributed by atoms with van der Waals surface area (Å²) in [6.45, 7) is 2.57. The van der Waals surface area contributed by atoms with E-state index in [1.165, 1.54) is 0 Å². The molecule has 0 amide bonds. The fourth-order valence-electron chi connectivity index (χ4n) is 1.50. The van der Waals surface area contributed by atoms with E-state index in [-0.39, 0.29) is 0 Å². The van der Waals surface area contributed by atoms with Crippen molar-refractivity contribution >= 4 is 0 Å². The molecule has 5 nitrogen and oxygen atoms in total. The highest BCUT2D eigenvalue weighted by Gasteiger charge is 2.38. The molecule has 0 aromatic carbocycles. The highest BCUT2D eigenvalue weighted by molar-refractivity contribution is 5.08. The van der Waals surface area contributed by atoms with Crippen LogP contribution >= 0.6 is 0 Å². The zero-order chi connectivity index (χ0) is 10.1. The van der Waals surface area contributed by atoms with Crippen molar-refractivity contribution in [3.8, 4) is 0 Å². The third-order valence-corrected chi connectivity index (χ3v) is 2.62. The van der Waals surface area contributed by atoms with Crippen molar-refractivity contribution in [1.82, 2.24) is 10.1 Å². The summed E-state index contributed by atoms with van der Waals surface area (Å²) in [4.78, 5) is 4.16. The Bertz CT molecular complexity index is 313. The van der Waals surface area contributed by atoms with Crippen molar-refractivity contribution in [2.75, 3.05) is 6.54 Å². The lowest BCUT2D eigenvalue weighted by molar-refractivity contribution is 0.127. The summed E-state index contributed by atoms with van der Waals surface area (Å²) in [5, 5.41) is 13.4. The van der Waals surface area contributed by atoms with Crippen molar-refractivity contribution in [2.45, 2.75) is 31.8 Å². The van der Waals surface area contributed by atoms with Crippen LogP contribution in [-0.2, 0) is 0 Å². The molecule has 0 saturated heterocycles. The molecule has 1 aliphatic rings. The largest absolute Gasteiger partial charge is 0.383 e. The Morgan fingerprint density at radius 3 is 3.00 bits per heavy atom. The third kappa shape index (κ3) is 1.78.